The summed E-state index contributed by atoms with van der Waals surface area (Å²) >= 11 is 0. The lowest BCUT2D eigenvalue weighted by Gasteiger charge is -2.14. The lowest BCUT2D eigenvalue weighted by atomic mass is 10.0. The normalized spacial score (nSPS) is 10.3. The minimum atomic E-state index is 0.767. The molecule has 0 unspecified atom stereocenters. The van der Waals surface area contributed by atoms with Crippen LogP contribution in [0.2, 0.25) is 0 Å². The van der Waals surface area contributed by atoms with Crippen LogP contribution in [0.4, 0.5) is 5.69 Å². The van der Waals surface area contributed by atoms with Gasteiger partial charge in [0.1, 0.15) is 5.75 Å². The standard InChI is InChI=1S/C12H19NO/c1-5-6-14-11-7-8(2)12(13)10(4)9(11)3/h7H,5-6,13H2,1-4H3. The number of rotatable bonds is 3. The first-order chi connectivity index (χ1) is 6.57. The maximum Gasteiger partial charge on any atom is 0.122 e. The van der Waals surface area contributed by atoms with Crippen molar-refractivity contribution in [2.24, 2.45) is 0 Å². The summed E-state index contributed by atoms with van der Waals surface area (Å²) < 4.78 is 5.65. The Morgan fingerprint density at radius 3 is 2.43 bits per heavy atom. The van der Waals surface area contributed by atoms with Gasteiger partial charge in [0, 0.05) is 5.69 Å². The first-order valence-corrected chi connectivity index (χ1v) is 5.07. The lowest BCUT2D eigenvalue weighted by Crippen LogP contribution is -2.02. The quantitative estimate of drug-likeness (QED) is 0.749. The third kappa shape index (κ3) is 2.00. The van der Waals surface area contributed by atoms with E-state index >= 15 is 0 Å². The van der Waals surface area contributed by atoms with Crippen LogP contribution in [0, 0.1) is 20.8 Å². The highest BCUT2D eigenvalue weighted by molar-refractivity contribution is 5.60. The predicted molar refractivity (Wildman–Crippen MR) is 60.9 cm³/mol. The number of nitrogens with two attached hydrogens (primary N) is 1. The molecule has 2 heteroatoms. The van der Waals surface area contributed by atoms with Crippen LogP contribution >= 0.6 is 0 Å². The SMILES string of the molecule is CCCOc1cc(C)c(N)c(C)c1C. The second kappa shape index (κ2) is 4.36. The van der Waals surface area contributed by atoms with Gasteiger partial charge in [-0.3, -0.25) is 0 Å². The molecule has 0 aliphatic rings. The van der Waals surface area contributed by atoms with Gasteiger partial charge in [-0.1, -0.05) is 6.92 Å². The van der Waals surface area contributed by atoms with E-state index in [0.717, 1.165) is 41.2 Å². The fourth-order valence-corrected chi connectivity index (χ4v) is 1.43. The van der Waals surface area contributed by atoms with Gasteiger partial charge < -0.3 is 10.5 Å². The zero-order valence-corrected chi connectivity index (χ0v) is 9.48. The molecule has 0 aliphatic carbocycles. The van der Waals surface area contributed by atoms with E-state index < -0.39 is 0 Å². The van der Waals surface area contributed by atoms with Gasteiger partial charge in [-0.15, -0.1) is 0 Å². The number of anilines is 1. The Bertz CT molecular complexity index is 332. The summed E-state index contributed by atoms with van der Waals surface area (Å²) in [5, 5.41) is 0. The van der Waals surface area contributed by atoms with Crippen LogP contribution in [-0.4, -0.2) is 6.61 Å². The highest BCUT2D eigenvalue weighted by Gasteiger charge is 2.07. The molecule has 0 fully saturated rings. The van der Waals surface area contributed by atoms with E-state index in [2.05, 4.69) is 13.8 Å². The first kappa shape index (κ1) is 10.9. The van der Waals surface area contributed by atoms with Crippen molar-refractivity contribution in [3.05, 3.63) is 22.8 Å². The van der Waals surface area contributed by atoms with E-state index in [1.807, 2.05) is 19.9 Å². The summed E-state index contributed by atoms with van der Waals surface area (Å²) in [6.07, 6.45) is 1.03. The number of aryl methyl sites for hydroxylation is 1. The molecule has 14 heavy (non-hydrogen) atoms. The highest BCUT2D eigenvalue weighted by Crippen LogP contribution is 2.29. The van der Waals surface area contributed by atoms with Gasteiger partial charge in [-0.2, -0.15) is 0 Å². The van der Waals surface area contributed by atoms with Crippen molar-refractivity contribution < 1.29 is 4.74 Å². The van der Waals surface area contributed by atoms with Gasteiger partial charge in [0.2, 0.25) is 0 Å². The molecule has 0 aromatic heterocycles. The van der Waals surface area contributed by atoms with Crippen molar-refractivity contribution in [1.29, 1.82) is 0 Å². The van der Waals surface area contributed by atoms with Gasteiger partial charge in [0.05, 0.1) is 6.61 Å². The van der Waals surface area contributed by atoms with E-state index in [9.17, 15) is 0 Å². The molecular weight excluding hydrogens is 174 g/mol. The van der Waals surface area contributed by atoms with Crippen molar-refractivity contribution in [2.75, 3.05) is 12.3 Å². The third-order valence-electron chi connectivity index (χ3n) is 2.57. The molecule has 0 spiro atoms. The molecule has 0 atom stereocenters. The molecule has 0 saturated carbocycles. The molecule has 0 bridgehead atoms. The largest absolute Gasteiger partial charge is 0.493 e. The third-order valence-corrected chi connectivity index (χ3v) is 2.57. The average Bonchev–Trinajstić information content (AvgIpc) is 2.18. The van der Waals surface area contributed by atoms with Crippen molar-refractivity contribution in [1.82, 2.24) is 0 Å². The van der Waals surface area contributed by atoms with Gasteiger partial charge in [0.25, 0.3) is 0 Å². The molecule has 0 aliphatic heterocycles. The number of benzene rings is 1. The van der Waals surface area contributed by atoms with Crippen LogP contribution in [-0.2, 0) is 0 Å². The van der Waals surface area contributed by atoms with E-state index in [0.29, 0.717) is 0 Å². The second-order valence-corrected chi connectivity index (χ2v) is 3.70. The monoisotopic (exact) mass is 193 g/mol. The minimum Gasteiger partial charge on any atom is -0.493 e. The van der Waals surface area contributed by atoms with E-state index in [-0.39, 0.29) is 0 Å². The van der Waals surface area contributed by atoms with Crippen molar-refractivity contribution in [3.8, 4) is 5.75 Å². The zero-order chi connectivity index (χ0) is 10.7. The fourth-order valence-electron chi connectivity index (χ4n) is 1.43. The summed E-state index contributed by atoms with van der Waals surface area (Å²) in [5.74, 6) is 0.969. The van der Waals surface area contributed by atoms with Crippen LogP contribution < -0.4 is 10.5 Å². The maximum atomic E-state index is 5.92. The van der Waals surface area contributed by atoms with Gasteiger partial charge in [0.15, 0.2) is 0 Å². The Morgan fingerprint density at radius 2 is 1.86 bits per heavy atom. The van der Waals surface area contributed by atoms with Crippen molar-refractivity contribution in [2.45, 2.75) is 34.1 Å². The van der Waals surface area contributed by atoms with E-state index in [1.54, 1.807) is 0 Å². The summed E-state index contributed by atoms with van der Waals surface area (Å²) in [5.41, 5.74) is 10.2. The lowest BCUT2D eigenvalue weighted by molar-refractivity contribution is 0.315. The van der Waals surface area contributed by atoms with Crippen LogP contribution in [0.25, 0.3) is 0 Å². The fraction of sp³-hybridized carbons (Fsp3) is 0.500. The Balaban J connectivity index is 3.06. The summed E-state index contributed by atoms with van der Waals surface area (Å²) in [6, 6.07) is 2.02. The van der Waals surface area contributed by atoms with Crippen LogP contribution in [0.3, 0.4) is 0 Å². The number of hydrogen-bond acceptors (Lipinski definition) is 2. The molecular formula is C12H19NO. The second-order valence-electron chi connectivity index (χ2n) is 3.70. The molecule has 0 heterocycles. The van der Waals surface area contributed by atoms with Crippen LogP contribution in [0.1, 0.15) is 30.0 Å². The van der Waals surface area contributed by atoms with E-state index in [4.69, 9.17) is 10.5 Å². The summed E-state index contributed by atoms with van der Waals surface area (Å²) in [4.78, 5) is 0. The molecule has 0 saturated heterocycles. The van der Waals surface area contributed by atoms with Crippen LogP contribution in [0.5, 0.6) is 5.75 Å². The number of nitrogen functional groups attached to an aromatic ring is 1. The van der Waals surface area contributed by atoms with Gasteiger partial charge in [-0.25, -0.2) is 0 Å². The Morgan fingerprint density at radius 1 is 1.21 bits per heavy atom. The zero-order valence-electron chi connectivity index (χ0n) is 9.48. The minimum absolute atomic E-state index is 0.767. The molecule has 2 N–H and O–H groups in total. The topological polar surface area (TPSA) is 35.2 Å². The molecule has 0 amide bonds. The van der Waals surface area contributed by atoms with Crippen molar-refractivity contribution in [3.63, 3.8) is 0 Å². The summed E-state index contributed by atoms with van der Waals surface area (Å²) in [7, 11) is 0. The average molecular weight is 193 g/mol. The number of ether oxygens (including phenoxy) is 1. The Kier molecular flexibility index (Phi) is 3.39. The number of hydrogen-bond donors (Lipinski definition) is 1. The van der Waals surface area contributed by atoms with E-state index in [1.165, 1.54) is 0 Å². The molecule has 1 aromatic rings. The molecule has 0 radical (unpaired) electrons. The molecule has 78 valence electrons. The predicted octanol–water partition coefficient (Wildman–Crippen LogP) is 2.98. The molecule has 2 nitrogen and oxygen atoms in total. The summed E-state index contributed by atoms with van der Waals surface area (Å²) in [6.45, 7) is 8.98. The van der Waals surface area contributed by atoms with Crippen LogP contribution in [0.15, 0.2) is 6.07 Å². The maximum absolute atomic E-state index is 5.92. The molecule has 1 rings (SSSR count). The Hall–Kier alpha value is -1.18. The van der Waals surface area contributed by atoms with Gasteiger partial charge in [-0.05, 0) is 49.9 Å². The van der Waals surface area contributed by atoms with Crippen molar-refractivity contribution >= 4 is 5.69 Å². The van der Waals surface area contributed by atoms with Gasteiger partial charge >= 0.3 is 0 Å². The Labute approximate surface area is 86.1 Å². The highest BCUT2D eigenvalue weighted by atomic mass is 16.5. The smallest absolute Gasteiger partial charge is 0.122 e. The first-order valence-electron chi connectivity index (χ1n) is 5.07. The molecule has 1 aromatic carbocycles.